The van der Waals surface area contributed by atoms with E-state index in [-0.39, 0.29) is 23.2 Å². The van der Waals surface area contributed by atoms with Crippen LogP contribution in [-0.4, -0.2) is 48.8 Å². The van der Waals surface area contributed by atoms with Gasteiger partial charge in [-0.25, -0.2) is 9.98 Å². The molecule has 4 rings (SSSR count). The molecule has 0 unspecified atom stereocenters. The molecule has 0 saturated carbocycles. The van der Waals surface area contributed by atoms with Crippen LogP contribution in [0.3, 0.4) is 0 Å². The van der Waals surface area contributed by atoms with Gasteiger partial charge in [0.15, 0.2) is 5.17 Å². The minimum atomic E-state index is -0.449. The Hall–Kier alpha value is -3.96. The minimum absolute atomic E-state index is 0.0455. The van der Waals surface area contributed by atoms with Gasteiger partial charge in [-0.3, -0.25) is 14.2 Å². The van der Waals surface area contributed by atoms with E-state index >= 15 is 0 Å². The summed E-state index contributed by atoms with van der Waals surface area (Å²) in [5.74, 6) is -0.0818. The van der Waals surface area contributed by atoms with Crippen molar-refractivity contribution in [1.29, 1.82) is 0 Å². The number of carbonyl (C=O) groups is 1. The van der Waals surface area contributed by atoms with Crippen LogP contribution < -0.4 is 19.4 Å². The Morgan fingerprint density at radius 2 is 1.97 bits per heavy atom. The molecule has 10 nitrogen and oxygen atoms in total. The van der Waals surface area contributed by atoms with E-state index in [1.165, 1.54) is 15.8 Å². The largest absolute Gasteiger partial charge is 0.861 e. The average molecular weight is 494 g/mol. The van der Waals surface area contributed by atoms with Crippen LogP contribution >= 0.6 is 11.8 Å². The molecule has 11 heteroatoms. The van der Waals surface area contributed by atoms with E-state index in [1.54, 1.807) is 32.4 Å². The molecular formula is C24H23N5O5S. The van der Waals surface area contributed by atoms with Crippen molar-refractivity contribution in [1.82, 2.24) is 5.27 Å². The van der Waals surface area contributed by atoms with Crippen molar-refractivity contribution in [2.45, 2.75) is 6.54 Å². The maximum Gasteiger partial charge on any atom is 0.320 e. The van der Waals surface area contributed by atoms with Gasteiger partial charge in [-0.1, -0.05) is 48.2 Å². The molecule has 2 heterocycles. The number of ether oxygens (including phenoxy) is 2. The Morgan fingerprint density at radius 3 is 2.74 bits per heavy atom. The number of aromatic nitrogens is 2. The number of benzene rings is 2. The van der Waals surface area contributed by atoms with Gasteiger partial charge in [0.25, 0.3) is 12.1 Å². The van der Waals surface area contributed by atoms with Crippen LogP contribution in [0.25, 0.3) is 6.08 Å². The van der Waals surface area contributed by atoms with Crippen LogP contribution in [0.1, 0.15) is 5.56 Å². The van der Waals surface area contributed by atoms with Crippen LogP contribution in [0, 0.1) is 0 Å². The summed E-state index contributed by atoms with van der Waals surface area (Å²) < 4.78 is 16.9. The summed E-state index contributed by atoms with van der Waals surface area (Å²) in [5, 5.41) is 16.6. The molecule has 0 radical (unpaired) electrons. The van der Waals surface area contributed by atoms with Gasteiger partial charge in [0.05, 0.1) is 12.8 Å². The lowest BCUT2D eigenvalue weighted by molar-refractivity contribution is -0.763. The molecule has 0 atom stereocenters. The summed E-state index contributed by atoms with van der Waals surface area (Å²) in [5.41, 5.74) is 1.60. The highest BCUT2D eigenvalue weighted by atomic mass is 32.2. The van der Waals surface area contributed by atoms with E-state index in [0.717, 1.165) is 17.3 Å². The Kier molecular flexibility index (Phi) is 7.91. The van der Waals surface area contributed by atoms with Gasteiger partial charge >= 0.3 is 5.88 Å². The molecule has 3 aromatic rings. The molecule has 0 N–H and O–H groups in total. The van der Waals surface area contributed by atoms with Crippen molar-refractivity contribution in [2.75, 3.05) is 31.5 Å². The van der Waals surface area contributed by atoms with E-state index in [2.05, 4.69) is 15.3 Å². The lowest BCUT2D eigenvalue weighted by Gasteiger charge is -2.18. The third kappa shape index (κ3) is 5.94. The third-order valence-corrected chi connectivity index (χ3v) is 5.78. The van der Waals surface area contributed by atoms with Crippen molar-refractivity contribution < 1.29 is 28.6 Å². The first-order valence-corrected chi connectivity index (χ1v) is 11.6. The number of hydrogen-bond donors (Lipinski definition) is 0. The molecule has 1 aliphatic heterocycles. The first kappa shape index (κ1) is 24.2. The maximum atomic E-state index is 13.3. The number of nitrogens with zero attached hydrogens (tertiary/aromatic N) is 5. The van der Waals surface area contributed by atoms with E-state index in [4.69, 9.17) is 14.0 Å². The number of carbonyl (C=O) groups excluding carboxylic acids is 1. The molecule has 1 aromatic heterocycles. The highest BCUT2D eigenvalue weighted by Crippen LogP contribution is 2.30. The first-order chi connectivity index (χ1) is 17.1. The summed E-state index contributed by atoms with van der Waals surface area (Å²) in [6.45, 7) is 0.930. The standard InChI is InChI=1S/C24H23N5O5S/c1-32-13-12-28-15-22(34-27-28)26-21(30)16-35-24-25-19(14-17-8-6-7-11-20(17)33-2)23(31)29(24)18-9-4-3-5-10-18/h3-11,14-15H,12-13,16H2,1-2H3/b19-14+. The third-order valence-electron chi connectivity index (χ3n) is 4.86. The molecule has 0 bridgehead atoms. The fraction of sp³-hybridized carbons (Fsp3) is 0.208. The second-order valence-corrected chi connectivity index (χ2v) is 8.17. The van der Waals surface area contributed by atoms with Gasteiger partial charge < -0.3 is 14.6 Å². The molecule has 1 amide bonds. The van der Waals surface area contributed by atoms with Crippen molar-refractivity contribution in [2.24, 2.45) is 9.98 Å². The maximum absolute atomic E-state index is 13.3. The van der Waals surface area contributed by atoms with Crippen molar-refractivity contribution in [3.8, 4) is 5.75 Å². The monoisotopic (exact) mass is 493 g/mol. The van der Waals surface area contributed by atoms with Gasteiger partial charge in [-0.15, -0.1) is 0 Å². The van der Waals surface area contributed by atoms with Crippen LogP contribution in [0.5, 0.6) is 5.75 Å². The molecule has 1 aliphatic rings. The zero-order valence-corrected chi connectivity index (χ0v) is 20.0. The topological polar surface area (TPSA) is 116 Å². The highest BCUT2D eigenvalue weighted by molar-refractivity contribution is 8.14. The predicted octanol–water partition coefficient (Wildman–Crippen LogP) is 2.18. The smallest absolute Gasteiger partial charge is 0.320 e. The quantitative estimate of drug-likeness (QED) is 0.194. The van der Waals surface area contributed by atoms with Crippen LogP contribution in [0.4, 0.5) is 11.6 Å². The molecular weight excluding hydrogens is 470 g/mol. The SMILES string of the molecule is COCC[n+]1cc(/N=C(/[O-])CSC2=N/C(=C/c3ccccc3OC)C(=O)N2c2ccccc2)on1. The number of thioether (sulfide) groups is 1. The van der Waals surface area contributed by atoms with Gasteiger partial charge in [-0.2, -0.15) is 0 Å². The molecule has 0 spiro atoms. The second-order valence-electron chi connectivity index (χ2n) is 7.23. The number of anilines is 1. The summed E-state index contributed by atoms with van der Waals surface area (Å²) in [6, 6.07) is 16.5. The zero-order valence-electron chi connectivity index (χ0n) is 19.2. The normalized spacial score (nSPS) is 15.1. The Bertz CT molecular complexity index is 1270. The van der Waals surface area contributed by atoms with Gasteiger partial charge in [-0.05, 0) is 34.9 Å². The number of amides is 1. The Morgan fingerprint density at radius 1 is 1.20 bits per heavy atom. The Balaban J connectivity index is 1.56. The lowest BCUT2D eigenvalue weighted by atomic mass is 10.1. The molecule has 0 aliphatic carbocycles. The fourth-order valence-electron chi connectivity index (χ4n) is 3.22. The first-order valence-electron chi connectivity index (χ1n) is 10.6. The van der Waals surface area contributed by atoms with Gasteiger partial charge in [0.2, 0.25) is 11.8 Å². The van der Waals surface area contributed by atoms with E-state index in [9.17, 15) is 9.90 Å². The molecule has 0 fully saturated rings. The number of para-hydroxylation sites is 2. The molecule has 0 saturated heterocycles. The number of hydrogen-bond acceptors (Lipinski definition) is 9. The van der Waals surface area contributed by atoms with Crippen LogP contribution in [-0.2, 0) is 16.1 Å². The van der Waals surface area contributed by atoms with Crippen molar-refractivity contribution in [3.05, 3.63) is 72.1 Å². The van der Waals surface area contributed by atoms with Crippen LogP contribution in [0.15, 0.2) is 81.0 Å². The summed E-state index contributed by atoms with van der Waals surface area (Å²) in [7, 11) is 3.15. The summed E-state index contributed by atoms with van der Waals surface area (Å²) in [6.07, 6.45) is 3.19. The fourth-order valence-corrected chi connectivity index (χ4v) is 4.02. The summed E-state index contributed by atoms with van der Waals surface area (Å²) >= 11 is 1.11. The Labute approximate surface area is 206 Å². The van der Waals surface area contributed by atoms with Crippen molar-refractivity contribution >= 4 is 46.4 Å². The van der Waals surface area contributed by atoms with Gasteiger partial charge in [0, 0.05) is 18.4 Å². The van der Waals surface area contributed by atoms with Gasteiger partial charge in [0.1, 0.15) is 18.1 Å². The second kappa shape index (κ2) is 11.4. The number of amidine groups is 1. The summed E-state index contributed by atoms with van der Waals surface area (Å²) in [4.78, 5) is 23.2. The van der Waals surface area contributed by atoms with Crippen molar-refractivity contribution in [3.63, 3.8) is 0 Å². The molecule has 2 aromatic carbocycles. The molecule has 180 valence electrons. The van der Waals surface area contributed by atoms with E-state index < -0.39 is 5.90 Å². The van der Waals surface area contributed by atoms with Crippen LogP contribution in [0.2, 0.25) is 0 Å². The minimum Gasteiger partial charge on any atom is -0.861 e. The lowest BCUT2D eigenvalue weighted by Crippen LogP contribution is -2.36. The predicted molar refractivity (Wildman–Crippen MR) is 130 cm³/mol. The average Bonchev–Trinajstić information content (AvgIpc) is 3.45. The molecule has 35 heavy (non-hydrogen) atoms. The van der Waals surface area contributed by atoms with E-state index in [0.29, 0.717) is 29.8 Å². The zero-order chi connectivity index (χ0) is 24.6. The number of rotatable bonds is 9. The highest BCUT2D eigenvalue weighted by Gasteiger charge is 2.32. The van der Waals surface area contributed by atoms with E-state index in [1.807, 2.05) is 42.5 Å². The number of methoxy groups -OCH3 is 2. The number of aliphatic imine (C=N–C) groups is 2.